The summed E-state index contributed by atoms with van der Waals surface area (Å²) < 4.78 is 11.1. The number of benzene rings is 1. The third-order valence-electron chi connectivity index (χ3n) is 4.40. The predicted octanol–water partition coefficient (Wildman–Crippen LogP) is 3.26. The number of hydrogen-bond donors (Lipinski definition) is 1. The second-order valence-electron chi connectivity index (χ2n) is 6.25. The number of amides is 1. The van der Waals surface area contributed by atoms with E-state index in [0.29, 0.717) is 11.8 Å². The van der Waals surface area contributed by atoms with Crippen molar-refractivity contribution in [2.24, 2.45) is 5.73 Å². The largest absolute Gasteiger partial charge is 0.484 e. The average Bonchev–Trinajstić information content (AvgIpc) is 3.01. The molecule has 1 aromatic carbocycles. The molecule has 1 aliphatic heterocycles. The Morgan fingerprint density at radius 1 is 1.25 bits per heavy atom. The van der Waals surface area contributed by atoms with Crippen molar-refractivity contribution in [2.45, 2.75) is 38.3 Å². The highest BCUT2D eigenvalue weighted by molar-refractivity contribution is 5.75. The quantitative estimate of drug-likeness (QED) is 0.883. The first-order valence-electron chi connectivity index (χ1n) is 8.50. The Balaban J connectivity index is 1.72. The van der Waals surface area contributed by atoms with Crippen LogP contribution < -0.4 is 10.5 Å². The monoisotopic (exact) mass is 328 g/mol. The van der Waals surface area contributed by atoms with E-state index in [0.717, 1.165) is 30.8 Å². The molecule has 128 valence electrons. The number of primary amides is 1. The maximum absolute atomic E-state index is 10.9. The summed E-state index contributed by atoms with van der Waals surface area (Å²) in [5.41, 5.74) is 6.30. The number of ether oxygens (including phenoxy) is 1. The minimum absolute atomic E-state index is 0.0951. The van der Waals surface area contributed by atoms with Gasteiger partial charge in [0.1, 0.15) is 11.5 Å². The van der Waals surface area contributed by atoms with Crippen LogP contribution in [0.15, 0.2) is 47.1 Å². The molecule has 2 N–H and O–H groups in total. The molecule has 1 aromatic heterocycles. The highest BCUT2D eigenvalue weighted by Crippen LogP contribution is 2.32. The van der Waals surface area contributed by atoms with E-state index < -0.39 is 5.91 Å². The molecule has 0 bridgehead atoms. The zero-order valence-electron chi connectivity index (χ0n) is 13.8. The van der Waals surface area contributed by atoms with Gasteiger partial charge in [0, 0.05) is 6.54 Å². The van der Waals surface area contributed by atoms with Crippen LogP contribution in [0, 0.1) is 0 Å². The molecule has 1 fully saturated rings. The molecule has 0 spiro atoms. The molecule has 5 nitrogen and oxygen atoms in total. The molecule has 1 atom stereocenters. The minimum Gasteiger partial charge on any atom is -0.484 e. The van der Waals surface area contributed by atoms with E-state index in [-0.39, 0.29) is 6.61 Å². The summed E-state index contributed by atoms with van der Waals surface area (Å²) in [6.45, 7) is 1.79. The Labute approximate surface area is 142 Å². The Morgan fingerprint density at radius 2 is 2.17 bits per heavy atom. The lowest BCUT2D eigenvalue weighted by Crippen LogP contribution is -2.28. The molecular formula is C19H24N2O3. The van der Waals surface area contributed by atoms with Gasteiger partial charge in [-0.15, -0.1) is 0 Å². The first kappa shape index (κ1) is 16.6. The molecule has 24 heavy (non-hydrogen) atoms. The standard InChI is InChI=1S/C19H24N2O3/c20-19(22)14-24-16-7-4-6-15(12-16)13-21-10-3-1-2-8-17(21)18-9-5-11-23-18/h4-7,9,11-12,17H,1-3,8,10,13-14H2,(H2,20,22)/t17-/m1/s1. The number of furan rings is 1. The lowest BCUT2D eigenvalue weighted by molar-refractivity contribution is -0.119. The average molecular weight is 328 g/mol. The van der Waals surface area contributed by atoms with E-state index in [2.05, 4.69) is 17.0 Å². The van der Waals surface area contributed by atoms with Gasteiger partial charge in [0.2, 0.25) is 0 Å². The van der Waals surface area contributed by atoms with E-state index in [1.807, 2.05) is 24.3 Å². The lowest BCUT2D eigenvalue weighted by Gasteiger charge is -2.28. The van der Waals surface area contributed by atoms with E-state index >= 15 is 0 Å². The molecule has 2 heterocycles. The third-order valence-corrected chi connectivity index (χ3v) is 4.40. The van der Waals surface area contributed by atoms with Crippen molar-refractivity contribution >= 4 is 5.91 Å². The van der Waals surface area contributed by atoms with Crippen molar-refractivity contribution in [2.75, 3.05) is 13.2 Å². The van der Waals surface area contributed by atoms with Gasteiger partial charge >= 0.3 is 0 Å². The van der Waals surface area contributed by atoms with Crippen LogP contribution in [0.3, 0.4) is 0 Å². The second-order valence-corrected chi connectivity index (χ2v) is 6.25. The highest BCUT2D eigenvalue weighted by Gasteiger charge is 2.24. The van der Waals surface area contributed by atoms with Crippen molar-refractivity contribution in [3.8, 4) is 5.75 Å². The van der Waals surface area contributed by atoms with Crippen molar-refractivity contribution in [1.82, 2.24) is 4.90 Å². The molecule has 1 saturated heterocycles. The maximum atomic E-state index is 10.9. The fourth-order valence-electron chi connectivity index (χ4n) is 3.28. The van der Waals surface area contributed by atoms with Crippen LogP contribution in [-0.4, -0.2) is 24.0 Å². The van der Waals surface area contributed by atoms with Gasteiger partial charge in [0.15, 0.2) is 6.61 Å². The van der Waals surface area contributed by atoms with Crippen LogP contribution in [-0.2, 0) is 11.3 Å². The molecule has 1 amide bonds. The normalized spacial score (nSPS) is 18.9. The highest BCUT2D eigenvalue weighted by atomic mass is 16.5. The lowest BCUT2D eigenvalue weighted by atomic mass is 10.1. The summed E-state index contributed by atoms with van der Waals surface area (Å²) in [6.07, 6.45) is 6.55. The van der Waals surface area contributed by atoms with Crippen molar-refractivity contribution in [3.05, 3.63) is 54.0 Å². The summed E-state index contributed by atoms with van der Waals surface area (Å²) in [5, 5.41) is 0. The van der Waals surface area contributed by atoms with Crippen LogP contribution in [0.25, 0.3) is 0 Å². The first-order valence-corrected chi connectivity index (χ1v) is 8.50. The van der Waals surface area contributed by atoms with Crippen LogP contribution in [0.4, 0.5) is 0 Å². The van der Waals surface area contributed by atoms with Gasteiger partial charge in [-0.05, 0) is 49.2 Å². The predicted molar refractivity (Wildman–Crippen MR) is 91.5 cm³/mol. The molecule has 2 aromatic rings. The van der Waals surface area contributed by atoms with E-state index in [1.165, 1.54) is 19.3 Å². The summed E-state index contributed by atoms with van der Waals surface area (Å²) in [5.74, 6) is 1.25. The van der Waals surface area contributed by atoms with Gasteiger partial charge in [-0.3, -0.25) is 9.69 Å². The number of rotatable bonds is 6. The second kappa shape index (κ2) is 8.02. The van der Waals surface area contributed by atoms with Gasteiger partial charge in [0.25, 0.3) is 5.91 Å². The number of nitrogens with two attached hydrogens (primary N) is 1. The summed E-state index contributed by atoms with van der Waals surface area (Å²) in [7, 11) is 0. The van der Waals surface area contributed by atoms with Crippen LogP contribution in [0.5, 0.6) is 5.75 Å². The van der Waals surface area contributed by atoms with Gasteiger partial charge in [-0.1, -0.05) is 25.0 Å². The fraction of sp³-hybridized carbons (Fsp3) is 0.421. The molecule has 1 aliphatic rings. The van der Waals surface area contributed by atoms with Crippen LogP contribution >= 0.6 is 0 Å². The zero-order chi connectivity index (χ0) is 16.8. The molecule has 0 radical (unpaired) electrons. The van der Waals surface area contributed by atoms with Crippen molar-refractivity contribution in [3.63, 3.8) is 0 Å². The molecule has 0 saturated carbocycles. The minimum atomic E-state index is -0.467. The Kier molecular flexibility index (Phi) is 5.54. The summed E-state index contributed by atoms with van der Waals surface area (Å²) >= 11 is 0. The maximum Gasteiger partial charge on any atom is 0.255 e. The summed E-state index contributed by atoms with van der Waals surface area (Å²) in [4.78, 5) is 13.3. The Hall–Kier alpha value is -2.27. The molecule has 5 heteroatoms. The fourth-order valence-corrected chi connectivity index (χ4v) is 3.28. The molecule has 0 aliphatic carbocycles. The van der Waals surface area contributed by atoms with Crippen molar-refractivity contribution < 1.29 is 13.9 Å². The van der Waals surface area contributed by atoms with Crippen LogP contribution in [0.2, 0.25) is 0 Å². The number of hydrogen-bond acceptors (Lipinski definition) is 4. The number of carbonyl (C=O) groups is 1. The Morgan fingerprint density at radius 3 is 2.96 bits per heavy atom. The first-order chi connectivity index (χ1) is 11.7. The van der Waals surface area contributed by atoms with Gasteiger partial charge in [-0.25, -0.2) is 0 Å². The molecular weight excluding hydrogens is 304 g/mol. The molecule has 3 rings (SSSR count). The molecule has 0 unspecified atom stereocenters. The van der Waals surface area contributed by atoms with E-state index in [1.54, 1.807) is 6.26 Å². The topological polar surface area (TPSA) is 68.7 Å². The Bertz CT molecular complexity index is 654. The third kappa shape index (κ3) is 4.38. The van der Waals surface area contributed by atoms with Crippen molar-refractivity contribution in [1.29, 1.82) is 0 Å². The van der Waals surface area contributed by atoms with Gasteiger partial charge in [-0.2, -0.15) is 0 Å². The SMILES string of the molecule is NC(=O)COc1cccc(CN2CCCCC[C@@H]2c2ccco2)c1. The van der Waals surface area contributed by atoms with E-state index in [9.17, 15) is 4.79 Å². The van der Waals surface area contributed by atoms with E-state index in [4.69, 9.17) is 14.9 Å². The summed E-state index contributed by atoms with van der Waals surface area (Å²) in [6, 6.07) is 12.2. The van der Waals surface area contributed by atoms with Gasteiger partial charge < -0.3 is 14.9 Å². The zero-order valence-corrected chi connectivity index (χ0v) is 13.8. The van der Waals surface area contributed by atoms with Crippen LogP contribution in [0.1, 0.15) is 43.0 Å². The number of nitrogens with zero attached hydrogens (tertiary/aromatic N) is 1. The van der Waals surface area contributed by atoms with Gasteiger partial charge in [0.05, 0.1) is 12.3 Å². The number of likely N-dealkylation sites (tertiary alicyclic amines) is 1. The smallest absolute Gasteiger partial charge is 0.255 e. The number of carbonyl (C=O) groups excluding carboxylic acids is 1.